The molecule has 17 heavy (non-hydrogen) atoms. The van der Waals surface area contributed by atoms with Crippen LogP contribution < -0.4 is 11.1 Å². The number of hydrogen-bond donors (Lipinski definition) is 2. The molecule has 1 aliphatic heterocycles. The molecular weight excluding hydrogens is 240 g/mol. The SMILES string of the molecule is NC1(C(=O)NCc2cccc(Cl)c2)CCOC1. The molecule has 1 amide bonds. The van der Waals surface area contributed by atoms with Crippen LogP contribution in [0.4, 0.5) is 0 Å². The minimum absolute atomic E-state index is 0.171. The zero-order chi connectivity index (χ0) is 12.3. The van der Waals surface area contributed by atoms with Gasteiger partial charge in [0.1, 0.15) is 5.54 Å². The molecule has 1 fully saturated rings. The maximum Gasteiger partial charge on any atom is 0.242 e. The lowest BCUT2D eigenvalue weighted by molar-refractivity contribution is -0.126. The number of halogens is 1. The number of rotatable bonds is 3. The van der Waals surface area contributed by atoms with Gasteiger partial charge in [-0.2, -0.15) is 0 Å². The van der Waals surface area contributed by atoms with Gasteiger partial charge >= 0.3 is 0 Å². The molecule has 5 heteroatoms. The molecular formula is C12H15ClN2O2. The fraction of sp³-hybridized carbons (Fsp3) is 0.417. The van der Waals surface area contributed by atoms with Gasteiger partial charge in [-0.15, -0.1) is 0 Å². The van der Waals surface area contributed by atoms with Crippen molar-refractivity contribution in [2.45, 2.75) is 18.5 Å². The minimum Gasteiger partial charge on any atom is -0.379 e. The molecule has 1 saturated heterocycles. The highest BCUT2D eigenvalue weighted by molar-refractivity contribution is 6.30. The molecule has 1 unspecified atom stereocenters. The Morgan fingerprint density at radius 2 is 2.41 bits per heavy atom. The molecule has 1 atom stereocenters. The quantitative estimate of drug-likeness (QED) is 0.848. The topological polar surface area (TPSA) is 64.4 Å². The molecule has 2 rings (SSSR count). The zero-order valence-electron chi connectivity index (χ0n) is 9.41. The molecule has 1 aromatic carbocycles. The van der Waals surface area contributed by atoms with E-state index in [1.165, 1.54) is 0 Å². The predicted octanol–water partition coefficient (Wildman–Crippen LogP) is 1.07. The Kier molecular flexibility index (Phi) is 3.66. The molecule has 0 aliphatic carbocycles. The second-order valence-electron chi connectivity index (χ2n) is 4.27. The summed E-state index contributed by atoms with van der Waals surface area (Å²) in [5.74, 6) is -0.171. The van der Waals surface area contributed by atoms with Crippen molar-refractivity contribution in [3.05, 3.63) is 34.9 Å². The summed E-state index contributed by atoms with van der Waals surface area (Å²) in [4.78, 5) is 11.9. The van der Waals surface area contributed by atoms with Crippen molar-refractivity contribution in [1.82, 2.24) is 5.32 Å². The Morgan fingerprint density at radius 3 is 3.06 bits per heavy atom. The molecule has 3 N–H and O–H groups in total. The van der Waals surface area contributed by atoms with Crippen LogP contribution in [0.15, 0.2) is 24.3 Å². The lowest BCUT2D eigenvalue weighted by Crippen LogP contribution is -2.54. The highest BCUT2D eigenvalue weighted by Crippen LogP contribution is 2.16. The van der Waals surface area contributed by atoms with E-state index >= 15 is 0 Å². The number of ether oxygens (including phenoxy) is 1. The Balaban J connectivity index is 1.92. The maximum atomic E-state index is 11.9. The van der Waals surface area contributed by atoms with Gasteiger partial charge in [-0.25, -0.2) is 0 Å². The van der Waals surface area contributed by atoms with Crippen LogP contribution in [0.3, 0.4) is 0 Å². The normalized spacial score (nSPS) is 23.6. The number of carbonyl (C=O) groups is 1. The van der Waals surface area contributed by atoms with Gasteiger partial charge in [0.05, 0.1) is 6.61 Å². The third-order valence-corrected chi connectivity index (χ3v) is 3.08. The molecule has 92 valence electrons. The standard InChI is InChI=1S/C12H15ClN2O2/c13-10-3-1-2-9(6-10)7-15-11(16)12(14)4-5-17-8-12/h1-3,6H,4-5,7-8,14H2,(H,15,16). The van der Waals surface area contributed by atoms with Gasteiger partial charge in [-0.1, -0.05) is 23.7 Å². The Hall–Kier alpha value is -1.10. The molecule has 1 aromatic rings. The van der Waals surface area contributed by atoms with Crippen LogP contribution in [-0.4, -0.2) is 24.7 Å². The first kappa shape index (κ1) is 12.4. The number of hydrogen-bond acceptors (Lipinski definition) is 3. The van der Waals surface area contributed by atoms with Gasteiger partial charge in [0.25, 0.3) is 0 Å². The summed E-state index contributed by atoms with van der Waals surface area (Å²) in [5.41, 5.74) is 6.01. The summed E-state index contributed by atoms with van der Waals surface area (Å²) < 4.78 is 5.15. The average Bonchev–Trinajstić information content (AvgIpc) is 2.74. The summed E-state index contributed by atoms with van der Waals surface area (Å²) in [6.45, 7) is 1.26. The van der Waals surface area contributed by atoms with E-state index in [4.69, 9.17) is 22.1 Å². The number of benzene rings is 1. The third-order valence-electron chi connectivity index (χ3n) is 2.85. The summed E-state index contributed by atoms with van der Waals surface area (Å²) in [5, 5.41) is 3.46. The van der Waals surface area contributed by atoms with Crippen LogP contribution in [0.1, 0.15) is 12.0 Å². The first-order valence-electron chi connectivity index (χ1n) is 5.49. The molecule has 0 radical (unpaired) electrons. The molecule has 0 bridgehead atoms. The van der Waals surface area contributed by atoms with Gasteiger partial charge in [0.2, 0.25) is 5.91 Å². The maximum absolute atomic E-state index is 11.9. The highest BCUT2D eigenvalue weighted by Gasteiger charge is 2.37. The van der Waals surface area contributed by atoms with Crippen LogP contribution in [0.25, 0.3) is 0 Å². The molecule has 0 spiro atoms. The van der Waals surface area contributed by atoms with E-state index in [-0.39, 0.29) is 12.5 Å². The van der Waals surface area contributed by atoms with E-state index in [0.717, 1.165) is 5.56 Å². The fourth-order valence-corrected chi connectivity index (χ4v) is 1.98. The van der Waals surface area contributed by atoms with Crippen molar-refractivity contribution in [3.8, 4) is 0 Å². The molecule has 0 saturated carbocycles. The van der Waals surface area contributed by atoms with E-state index in [1.807, 2.05) is 18.2 Å². The highest BCUT2D eigenvalue weighted by atomic mass is 35.5. The van der Waals surface area contributed by atoms with Crippen LogP contribution in [0.2, 0.25) is 5.02 Å². The minimum atomic E-state index is -0.876. The second-order valence-corrected chi connectivity index (χ2v) is 4.71. The Labute approximate surface area is 105 Å². The molecule has 4 nitrogen and oxygen atoms in total. The monoisotopic (exact) mass is 254 g/mol. The lowest BCUT2D eigenvalue weighted by Gasteiger charge is -2.20. The average molecular weight is 255 g/mol. The van der Waals surface area contributed by atoms with E-state index in [9.17, 15) is 4.79 Å². The summed E-state index contributed by atoms with van der Waals surface area (Å²) in [6, 6.07) is 7.36. The Morgan fingerprint density at radius 1 is 1.59 bits per heavy atom. The van der Waals surface area contributed by atoms with Crippen LogP contribution >= 0.6 is 11.6 Å². The summed E-state index contributed by atoms with van der Waals surface area (Å²) in [7, 11) is 0. The summed E-state index contributed by atoms with van der Waals surface area (Å²) >= 11 is 5.86. The van der Waals surface area contributed by atoms with Crippen LogP contribution in [0, 0.1) is 0 Å². The number of amides is 1. The smallest absolute Gasteiger partial charge is 0.242 e. The molecule has 1 aliphatic rings. The lowest BCUT2D eigenvalue weighted by atomic mass is 9.99. The third kappa shape index (κ3) is 2.97. The number of nitrogens with one attached hydrogen (secondary N) is 1. The van der Waals surface area contributed by atoms with Crippen molar-refractivity contribution in [1.29, 1.82) is 0 Å². The number of nitrogens with two attached hydrogens (primary N) is 1. The summed E-state index contributed by atoms with van der Waals surface area (Å²) in [6.07, 6.45) is 0.564. The van der Waals surface area contributed by atoms with E-state index in [1.54, 1.807) is 6.07 Å². The predicted molar refractivity (Wildman–Crippen MR) is 65.7 cm³/mol. The van der Waals surface area contributed by atoms with Crippen LogP contribution in [-0.2, 0) is 16.1 Å². The van der Waals surface area contributed by atoms with Gasteiger partial charge in [-0.3, -0.25) is 4.79 Å². The van der Waals surface area contributed by atoms with E-state index in [2.05, 4.69) is 5.32 Å². The van der Waals surface area contributed by atoms with Gasteiger partial charge < -0.3 is 15.8 Å². The van der Waals surface area contributed by atoms with Gasteiger partial charge in [-0.05, 0) is 24.1 Å². The van der Waals surface area contributed by atoms with Crippen molar-refractivity contribution in [3.63, 3.8) is 0 Å². The van der Waals surface area contributed by atoms with Crippen molar-refractivity contribution < 1.29 is 9.53 Å². The van der Waals surface area contributed by atoms with E-state index in [0.29, 0.717) is 24.6 Å². The van der Waals surface area contributed by atoms with Gasteiger partial charge in [0.15, 0.2) is 0 Å². The van der Waals surface area contributed by atoms with Crippen molar-refractivity contribution in [2.75, 3.05) is 13.2 Å². The zero-order valence-corrected chi connectivity index (χ0v) is 10.2. The van der Waals surface area contributed by atoms with Crippen molar-refractivity contribution in [2.24, 2.45) is 5.73 Å². The Bertz CT molecular complexity index is 417. The largest absolute Gasteiger partial charge is 0.379 e. The molecule has 0 aromatic heterocycles. The fourth-order valence-electron chi connectivity index (χ4n) is 1.77. The number of carbonyl (C=O) groups excluding carboxylic acids is 1. The van der Waals surface area contributed by atoms with Crippen molar-refractivity contribution >= 4 is 17.5 Å². The first-order valence-corrected chi connectivity index (χ1v) is 5.87. The second kappa shape index (κ2) is 5.04. The first-order chi connectivity index (χ1) is 8.10. The molecule has 1 heterocycles. The van der Waals surface area contributed by atoms with Gasteiger partial charge in [0, 0.05) is 18.2 Å². The van der Waals surface area contributed by atoms with E-state index < -0.39 is 5.54 Å². The van der Waals surface area contributed by atoms with Crippen LogP contribution in [0.5, 0.6) is 0 Å².